The molecule has 0 bridgehead atoms. The molecule has 0 saturated heterocycles. The third kappa shape index (κ3) is 6.46. The van der Waals surface area contributed by atoms with E-state index >= 15 is 0 Å². The predicted octanol–water partition coefficient (Wildman–Crippen LogP) is 0.954. The van der Waals surface area contributed by atoms with E-state index in [4.69, 9.17) is 0 Å². The van der Waals surface area contributed by atoms with Gasteiger partial charge in [0.2, 0.25) is 0 Å². The quantitative estimate of drug-likeness (QED) is 0.548. The molecule has 0 amide bonds. The Bertz CT molecular complexity index is 578. The third-order valence-electron chi connectivity index (χ3n) is 3.08. The topological polar surface area (TPSA) is 88.4 Å². The molecular weight excluding hydrogens is 302 g/mol. The molecule has 0 fully saturated rings. The lowest BCUT2D eigenvalue weighted by atomic mass is 10.4. The van der Waals surface area contributed by atoms with Crippen molar-refractivity contribution in [1.29, 1.82) is 0 Å². The summed E-state index contributed by atoms with van der Waals surface area (Å²) >= 11 is 0. The monoisotopic (exact) mass is 329 g/mol. The van der Waals surface area contributed by atoms with Crippen molar-refractivity contribution >= 4 is 15.8 Å². The average molecular weight is 329 g/mol. The van der Waals surface area contributed by atoms with E-state index in [9.17, 15) is 8.42 Å². The van der Waals surface area contributed by atoms with Crippen LogP contribution in [0.2, 0.25) is 0 Å². The Morgan fingerprint density at radius 3 is 2.64 bits per heavy atom. The van der Waals surface area contributed by atoms with Gasteiger partial charge in [0.15, 0.2) is 15.8 Å². The number of hydrogen-bond acceptors (Lipinski definition) is 4. The Hall–Kier alpha value is -1.57. The summed E-state index contributed by atoms with van der Waals surface area (Å²) in [6.45, 7) is 9.28. The number of aromatic nitrogens is 2. The maximum Gasteiger partial charge on any atom is 0.191 e. The average Bonchev–Trinajstić information content (AvgIpc) is 2.94. The first kappa shape index (κ1) is 18.5. The van der Waals surface area contributed by atoms with Gasteiger partial charge in [-0.3, -0.25) is 4.68 Å². The van der Waals surface area contributed by atoms with E-state index in [-0.39, 0.29) is 11.5 Å². The fourth-order valence-corrected chi connectivity index (χ4v) is 2.42. The molecule has 0 aliphatic rings. The summed E-state index contributed by atoms with van der Waals surface area (Å²) in [6.07, 6.45) is 1.93. The zero-order valence-corrected chi connectivity index (χ0v) is 14.7. The van der Waals surface area contributed by atoms with Gasteiger partial charge < -0.3 is 10.6 Å². The number of aliphatic imine (C=N–C) groups is 1. The molecule has 0 atom stereocenters. The van der Waals surface area contributed by atoms with E-state index in [1.54, 1.807) is 6.92 Å². The van der Waals surface area contributed by atoms with Gasteiger partial charge in [-0.2, -0.15) is 5.10 Å². The zero-order valence-electron chi connectivity index (χ0n) is 13.8. The summed E-state index contributed by atoms with van der Waals surface area (Å²) in [5, 5.41) is 10.6. The molecule has 126 valence electrons. The van der Waals surface area contributed by atoms with Crippen molar-refractivity contribution in [2.24, 2.45) is 4.99 Å². The van der Waals surface area contributed by atoms with Crippen LogP contribution in [0.25, 0.3) is 0 Å². The SMILES string of the molecule is CCNC(=NCc1ccn(C(C)C)n1)NCCS(=O)(=O)CC. The number of nitrogens with one attached hydrogen (secondary N) is 2. The number of nitrogens with zero attached hydrogens (tertiary/aromatic N) is 3. The van der Waals surface area contributed by atoms with Crippen LogP contribution < -0.4 is 10.6 Å². The fraction of sp³-hybridized carbons (Fsp3) is 0.714. The van der Waals surface area contributed by atoms with Gasteiger partial charge in [-0.1, -0.05) is 6.92 Å². The van der Waals surface area contributed by atoms with Crippen LogP contribution in [0.5, 0.6) is 0 Å². The Morgan fingerprint density at radius 2 is 2.09 bits per heavy atom. The minimum Gasteiger partial charge on any atom is -0.357 e. The first-order valence-electron chi connectivity index (χ1n) is 7.64. The summed E-state index contributed by atoms with van der Waals surface area (Å²) in [4.78, 5) is 4.43. The van der Waals surface area contributed by atoms with E-state index < -0.39 is 9.84 Å². The molecule has 0 aromatic carbocycles. The summed E-state index contributed by atoms with van der Waals surface area (Å²) in [5.74, 6) is 0.873. The molecule has 0 unspecified atom stereocenters. The number of guanidine groups is 1. The largest absolute Gasteiger partial charge is 0.357 e. The molecule has 22 heavy (non-hydrogen) atoms. The second kappa shape index (κ2) is 8.77. The van der Waals surface area contributed by atoms with Crippen LogP contribution in [-0.4, -0.2) is 48.8 Å². The van der Waals surface area contributed by atoms with Crippen LogP contribution in [0.3, 0.4) is 0 Å². The van der Waals surface area contributed by atoms with Gasteiger partial charge in [0.1, 0.15) is 0 Å². The Kier molecular flexibility index (Phi) is 7.37. The molecule has 2 N–H and O–H groups in total. The molecule has 1 aromatic rings. The van der Waals surface area contributed by atoms with Crippen molar-refractivity contribution in [1.82, 2.24) is 20.4 Å². The van der Waals surface area contributed by atoms with Gasteiger partial charge in [-0.05, 0) is 26.8 Å². The molecule has 7 nitrogen and oxygen atoms in total. The minimum atomic E-state index is -2.96. The van der Waals surface area contributed by atoms with Gasteiger partial charge in [0, 0.05) is 31.1 Å². The second-order valence-electron chi connectivity index (χ2n) is 5.24. The first-order chi connectivity index (χ1) is 10.4. The van der Waals surface area contributed by atoms with Crippen LogP contribution in [-0.2, 0) is 16.4 Å². The van der Waals surface area contributed by atoms with Crippen molar-refractivity contribution in [2.45, 2.75) is 40.3 Å². The van der Waals surface area contributed by atoms with E-state index in [0.717, 1.165) is 5.69 Å². The van der Waals surface area contributed by atoms with Gasteiger partial charge in [0.25, 0.3) is 0 Å². The van der Waals surface area contributed by atoms with Crippen molar-refractivity contribution in [3.05, 3.63) is 18.0 Å². The number of rotatable bonds is 8. The van der Waals surface area contributed by atoms with Crippen molar-refractivity contribution < 1.29 is 8.42 Å². The molecule has 0 saturated carbocycles. The fourth-order valence-electron chi connectivity index (χ4n) is 1.72. The van der Waals surface area contributed by atoms with Crippen molar-refractivity contribution in [3.8, 4) is 0 Å². The van der Waals surface area contributed by atoms with E-state index in [0.29, 0.717) is 31.6 Å². The molecular formula is C14H27N5O2S. The Morgan fingerprint density at radius 1 is 1.36 bits per heavy atom. The van der Waals surface area contributed by atoms with Crippen LogP contribution in [0.1, 0.15) is 39.4 Å². The Labute approximate surface area is 133 Å². The summed E-state index contributed by atoms with van der Waals surface area (Å²) in [5.41, 5.74) is 0.882. The number of hydrogen-bond donors (Lipinski definition) is 2. The van der Waals surface area contributed by atoms with Gasteiger partial charge in [0.05, 0.1) is 18.0 Å². The van der Waals surface area contributed by atoms with E-state index in [2.05, 4.69) is 34.6 Å². The maximum absolute atomic E-state index is 11.5. The van der Waals surface area contributed by atoms with Crippen LogP contribution >= 0.6 is 0 Å². The van der Waals surface area contributed by atoms with Gasteiger partial charge in [-0.25, -0.2) is 13.4 Å². The van der Waals surface area contributed by atoms with Crippen molar-refractivity contribution in [3.63, 3.8) is 0 Å². The smallest absolute Gasteiger partial charge is 0.191 e. The first-order valence-corrected chi connectivity index (χ1v) is 9.46. The van der Waals surface area contributed by atoms with Crippen LogP contribution in [0.15, 0.2) is 17.3 Å². The molecule has 1 rings (SSSR count). The summed E-state index contributed by atoms with van der Waals surface area (Å²) in [6, 6.07) is 2.26. The van der Waals surface area contributed by atoms with Gasteiger partial charge in [-0.15, -0.1) is 0 Å². The Balaban J connectivity index is 2.57. The van der Waals surface area contributed by atoms with Crippen molar-refractivity contribution in [2.75, 3.05) is 24.6 Å². The lowest BCUT2D eigenvalue weighted by molar-refractivity contribution is 0.526. The standard InChI is InChI=1S/C14H27N5O2S/c1-5-15-14(16-8-10-22(20,21)6-2)17-11-13-7-9-19(18-13)12(3)4/h7,9,12H,5-6,8,10-11H2,1-4H3,(H2,15,16,17). The molecule has 0 spiro atoms. The molecule has 0 radical (unpaired) electrons. The molecule has 0 aliphatic carbocycles. The van der Waals surface area contributed by atoms with Gasteiger partial charge >= 0.3 is 0 Å². The molecule has 1 aromatic heterocycles. The summed E-state index contributed by atoms with van der Waals surface area (Å²) in [7, 11) is -2.96. The lowest BCUT2D eigenvalue weighted by Gasteiger charge is -2.10. The summed E-state index contributed by atoms with van der Waals surface area (Å²) < 4.78 is 24.8. The van der Waals surface area contributed by atoms with E-state index in [1.165, 1.54) is 0 Å². The highest BCUT2D eigenvalue weighted by Crippen LogP contribution is 2.04. The maximum atomic E-state index is 11.5. The second-order valence-corrected chi connectivity index (χ2v) is 7.71. The molecule has 8 heteroatoms. The van der Waals surface area contributed by atoms with Crippen LogP contribution in [0, 0.1) is 0 Å². The molecule has 0 aliphatic heterocycles. The lowest BCUT2D eigenvalue weighted by Crippen LogP contribution is -2.39. The van der Waals surface area contributed by atoms with Crippen LogP contribution in [0.4, 0.5) is 0 Å². The highest BCUT2D eigenvalue weighted by Gasteiger charge is 2.07. The zero-order chi connectivity index (χ0) is 16.6. The number of sulfone groups is 1. The minimum absolute atomic E-state index is 0.107. The normalized spacial score (nSPS) is 12.7. The highest BCUT2D eigenvalue weighted by atomic mass is 32.2. The third-order valence-corrected chi connectivity index (χ3v) is 4.79. The molecule has 1 heterocycles. The van der Waals surface area contributed by atoms with E-state index in [1.807, 2.05) is 23.9 Å². The predicted molar refractivity (Wildman–Crippen MR) is 89.8 cm³/mol. The highest BCUT2D eigenvalue weighted by molar-refractivity contribution is 7.91.